The van der Waals surface area contributed by atoms with Gasteiger partial charge in [0.25, 0.3) is 0 Å². The van der Waals surface area contributed by atoms with Crippen molar-refractivity contribution in [3.05, 3.63) is 11.4 Å². The summed E-state index contributed by atoms with van der Waals surface area (Å²) in [6, 6.07) is 0. The molecular formula is C12H22N4O. The fraction of sp³-hybridized carbons (Fsp3) is 0.833. The third kappa shape index (κ3) is 3.51. The molecular weight excluding hydrogens is 216 g/mol. The molecule has 1 aliphatic carbocycles. The smallest absolute Gasteiger partial charge is 0.0994 e. The second kappa shape index (κ2) is 6.12. The van der Waals surface area contributed by atoms with Gasteiger partial charge in [0.15, 0.2) is 0 Å². The molecule has 0 bridgehead atoms. The molecule has 0 aliphatic heterocycles. The highest BCUT2D eigenvalue weighted by molar-refractivity contribution is 5.12. The van der Waals surface area contributed by atoms with Crippen LogP contribution in [-0.4, -0.2) is 28.7 Å². The van der Waals surface area contributed by atoms with Crippen LogP contribution in [0.1, 0.15) is 37.1 Å². The van der Waals surface area contributed by atoms with Gasteiger partial charge in [0.1, 0.15) is 0 Å². The molecule has 2 N–H and O–H groups in total. The third-order valence-electron chi connectivity index (χ3n) is 3.26. The fourth-order valence-corrected chi connectivity index (χ4v) is 2.03. The maximum absolute atomic E-state index is 5.70. The molecule has 1 aliphatic rings. The van der Waals surface area contributed by atoms with Crippen LogP contribution in [0.2, 0.25) is 0 Å². The van der Waals surface area contributed by atoms with E-state index in [4.69, 9.17) is 10.5 Å². The molecule has 0 spiro atoms. The van der Waals surface area contributed by atoms with E-state index in [1.807, 2.05) is 4.68 Å². The second-order valence-corrected chi connectivity index (χ2v) is 4.76. The number of hydrogen-bond acceptors (Lipinski definition) is 4. The van der Waals surface area contributed by atoms with Crippen LogP contribution in [0.15, 0.2) is 0 Å². The number of nitrogens with zero attached hydrogens (tertiary/aromatic N) is 3. The Morgan fingerprint density at radius 3 is 2.88 bits per heavy atom. The molecule has 0 amide bonds. The average molecular weight is 238 g/mol. The quantitative estimate of drug-likeness (QED) is 0.689. The zero-order chi connectivity index (χ0) is 12.1. The molecule has 1 aromatic heterocycles. The van der Waals surface area contributed by atoms with E-state index in [1.165, 1.54) is 18.5 Å². The molecule has 2 rings (SSSR count). The highest BCUT2D eigenvalue weighted by Gasteiger charge is 2.25. The number of ether oxygens (including phenoxy) is 1. The van der Waals surface area contributed by atoms with Gasteiger partial charge in [-0.15, -0.1) is 5.10 Å². The largest absolute Gasteiger partial charge is 0.385 e. The highest BCUT2D eigenvalue weighted by Crippen LogP contribution is 2.33. The maximum atomic E-state index is 5.70. The van der Waals surface area contributed by atoms with Crippen LogP contribution in [0, 0.1) is 5.92 Å². The summed E-state index contributed by atoms with van der Waals surface area (Å²) in [5, 5.41) is 8.38. The first kappa shape index (κ1) is 12.5. The standard InChI is InChI=1S/C12H22N4O/c1-17-7-3-2-6-16-12(8-10-4-5-10)11(9-13)14-15-16/h10H,2-9,13H2,1H3. The summed E-state index contributed by atoms with van der Waals surface area (Å²) in [5.41, 5.74) is 7.93. The normalized spacial score (nSPS) is 15.4. The van der Waals surface area contributed by atoms with Gasteiger partial charge in [0.05, 0.1) is 11.4 Å². The Morgan fingerprint density at radius 2 is 2.24 bits per heavy atom. The number of unbranched alkanes of at least 4 members (excludes halogenated alkanes) is 1. The van der Waals surface area contributed by atoms with Crippen LogP contribution < -0.4 is 5.73 Å². The molecule has 0 radical (unpaired) electrons. The van der Waals surface area contributed by atoms with Crippen molar-refractivity contribution in [3.8, 4) is 0 Å². The minimum absolute atomic E-state index is 0.500. The van der Waals surface area contributed by atoms with E-state index in [0.29, 0.717) is 6.54 Å². The lowest BCUT2D eigenvalue weighted by Gasteiger charge is -2.06. The maximum Gasteiger partial charge on any atom is 0.0994 e. The molecule has 1 aromatic rings. The lowest BCUT2D eigenvalue weighted by molar-refractivity contribution is 0.190. The molecule has 1 saturated carbocycles. The Morgan fingerprint density at radius 1 is 1.41 bits per heavy atom. The fourth-order valence-electron chi connectivity index (χ4n) is 2.03. The van der Waals surface area contributed by atoms with Crippen molar-refractivity contribution in [2.45, 2.75) is 45.2 Å². The Hall–Kier alpha value is -0.940. The van der Waals surface area contributed by atoms with Crippen LogP contribution in [0.3, 0.4) is 0 Å². The predicted octanol–water partition coefficient (Wildman–Crippen LogP) is 1.12. The van der Waals surface area contributed by atoms with Gasteiger partial charge in [-0.05, 0) is 38.0 Å². The molecule has 5 heteroatoms. The first-order chi connectivity index (χ1) is 8.35. The van der Waals surface area contributed by atoms with E-state index >= 15 is 0 Å². The minimum Gasteiger partial charge on any atom is -0.385 e. The summed E-state index contributed by atoms with van der Waals surface area (Å²) in [4.78, 5) is 0. The van der Waals surface area contributed by atoms with Gasteiger partial charge in [-0.25, -0.2) is 4.68 Å². The minimum atomic E-state index is 0.500. The first-order valence-corrected chi connectivity index (χ1v) is 6.45. The summed E-state index contributed by atoms with van der Waals surface area (Å²) >= 11 is 0. The van der Waals surface area contributed by atoms with Crippen LogP contribution in [-0.2, 0) is 24.2 Å². The van der Waals surface area contributed by atoms with Crippen molar-refractivity contribution in [2.75, 3.05) is 13.7 Å². The molecule has 96 valence electrons. The van der Waals surface area contributed by atoms with Gasteiger partial charge < -0.3 is 10.5 Å². The van der Waals surface area contributed by atoms with E-state index in [2.05, 4.69) is 10.3 Å². The SMILES string of the molecule is COCCCCn1nnc(CN)c1CC1CC1. The van der Waals surface area contributed by atoms with Gasteiger partial charge in [-0.1, -0.05) is 5.21 Å². The number of rotatable bonds is 8. The summed E-state index contributed by atoms with van der Waals surface area (Å²) < 4.78 is 7.08. The van der Waals surface area contributed by atoms with Gasteiger partial charge in [0, 0.05) is 26.8 Å². The summed E-state index contributed by atoms with van der Waals surface area (Å²) in [5.74, 6) is 0.844. The Balaban J connectivity index is 1.91. The summed E-state index contributed by atoms with van der Waals surface area (Å²) in [6.45, 7) is 2.24. The second-order valence-electron chi connectivity index (χ2n) is 4.76. The summed E-state index contributed by atoms with van der Waals surface area (Å²) in [6.07, 6.45) is 5.94. The van der Waals surface area contributed by atoms with E-state index in [1.54, 1.807) is 7.11 Å². The molecule has 17 heavy (non-hydrogen) atoms. The average Bonchev–Trinajstić information content (AvgIpc) is 3.07. The van der Waals surface area contributed by atoms with Crippen LogP contribution in [0.5, 0.6) is 0 Å². The zero-order valence-corrected chi connectivity index (χ0v) is 10.6. The Bertz CT molecular complexity index is 346. The van der Waals surface area contributed by atoms with Crippen molar-refractivity contribution in [3.63, 3.8) is 0 Å². The molecule has 1 fully saturated rings. The number of aromatic nitrogens is 3. The summed E-state index contributed by atoms with van der Waals surface area (Å²) in [7, 11) is 1.74. The predicted molar refractivity (Wildman–Crippen MR) is 65.5 cm³/mol. The molecule has 0 atom stereocenters. The van der Waals surface area contributed by atoms with Gasteiger partial charge in [0.2, 0.25) is 0 Å². The van der Waals surface area contributed by atoms with E-state index in [0.717, 1.165) is 44.0 Å². The third-order valence-corrected chi connectivity index (χ3v) is 3.26. The van der Waals surface area contributed by atoms with Crippen molar-refractivity contribution in [2.24, 2.45) is 11.7 Å². The topological polar surface area (TPSA) is 66.0 Å². The van der Waals surface area contributed by atoms with Crippen LogP contribution in [0.4, 0.5) is 0 Å². The highest BCUT2D eigenvalue weighted by atomic mass is 16.5. The lowest BCUT2D eigenvalue weighted by atomic mass is 10.1. The van der Waals surface area contributed by atoms with Crippen molar-refractivity contribution < 1.29 is 4.74 Å². The van der Waals surface area contributed by atoms with Gasteiger partial charge in [-0.2, -0.15) is 0 Å². The number of nitrogens with two attached hydrogens (primary N) is 1. The monoisotopic (exact) mass is 238 g/mol. The van der Waals surface area contributed by atoms with Crippen molar-refractivity contribution in [1.82, 2.24) is 15.0 Å². The van der Waals surface area contributed by atoms with Gasteiger partial charge >= 0.3 is 0 Å². The van der Waals surface area contributed by atoms with Crippen molar-refractivity contribution >= 4 is 0 Å². The van der Waals surface area contributed by atoms with Gasteiger partial charge in [-0.3, -0.25) is 0 Å². The molecule has 0 unspecified atom stereocenters. The van der Waals surface area contributed by atoms with Crippen LogP contribution in [0.25, 0.3) is 0 Å². The van der Waals surface area contributed by atoms with E-state index in [9.17, 15) is 0 Å². The first-order valence-electron chi connectivity index (χ1n) is 6.45. The van der Waals surface area contributed by atoms with E-state index in [-0.39, 0.29) is 0 Å². The molecule has 0 saturated heterocycles. The Labute approximate surface area is 102 Å². The zero-order valence-electron chi connectivity index (χ0n) is 10.6. The lowest BCUT2D eigenvalue weighted by Crippen LogP contribution is -2.09. The van der Waals surface area contributed by atoms with E-state index < -0.39 is 0 Å². The molecule has 0 aromatic carbocycles. The van der Waals surface area contributed by atoms with Crippen LogP contribution >= 0.6 is 0 Å². The number of methoxy groups -OCH3 is 1. The number of hydrogen-bond donors (Lipinski definition) is 1. The van der Waals surface area contributed by atoms with Crippen molar-refractivity contribution in [1.29, 1.82) is 0 Å². The Kier molecular flexibility index (Phi) is 4.50. The number of aryl methyl sites for hydroxylation is 1. The molecule has 1 heterocycles. The molecule has 5 nitrogen and oxygen atoms in total.